The molecule has 0 heterocycles. The Hall–Kier alpha value is -3.26. The van der Waals surface area contributed by atoms with E-state index < -0.39 is 35.7 Å². The van der Waals surface area contributed by atoms with E-state index in [0.29, 0.717) is 12.8 Å². The van der Waals surface area contributed by atoms with Crippen LogP contribution in [-0.2, 0) is 16.0 Å². The van der Waals surface area contributed by atoms with Gasteiger partial charge in [0.2, 0.25) is 5.91 Å². The van der Waals surface area contributed by atoms with Crippen molar-refractivity contribution in [2.75, 3.05) is 0 Å². The Morgan fingerprint density at radius 3 is 2.27 bits per heavy atom. The molecule has 4 N–H and O–H groups in total. The molecule has 2 amide bonds. The fourth-order valence-corrected chi connectivity index (χ4v) is 5.84. The lowest BCUT2D eigenvalue weighted by Gasteiger charge is -2.35. The molecule has 7 nitrogen and oxygen atoms in total. The number of phenols is 1. The van der Waals surface area contributed by atoms with Gasteiger partial charge in [-0.15, -0.1) is 0 Å². The SMILES string of the molecule is CC(=O)N[C@H](C(=O)C[C@H](C[C@H](O)[C@H](Cc1ccccc1)NC(=O)c1ccc(F)cc1O)C1CCCCC1)C(C)C. The first kappa shape index (κ1) is 31.3. The first-order valence-electron chi connectivity index (χ1n) is 14.4. The lowest BCUT2D eigenvalue weighted by atomic mass is 9.73. The van der Waals surface area contributed by atoms with Gasteiger partial charge in [-0.25, -0.2) is 4.39 Å². The van der Waals surface area contributed by atoms with Crippen LogP contribution in [0.15, 0.2) is 48.5 Å². The molecule has 0 bridgehead atoms. The molecule has 2 aromatic carbocycles. The Balaban J connectivity index is 1.84. The maximum Gasteiger partial charge on any atom is 0.255 e. The topological polar surface area (TPSA) is 116 Å². The number of aliphatic hydroxyl groups excluding tert-OH is 1. The fraction of sp³-hybridized carbons (Fsp3) is 0.531. The van der Waals surface area contributed by atoms with E-state index >= 15 is 0 Å². The lowest BCUT2D eigenvalue weighted by Crippen LogP contribution is -2.47. The van der Waals surface area contributed by atoms with Gasteiger partial charge in [-0.2, -0.15) is 0 Å². The van der Waals surface area contributed by atoms with Gasteiger partial charge in [-0.3, -0.25) is 14.4 Å². The highest BCUT2D eigenvalue weighted by molar-refractivity contribution is 5.97. The van der Waals surface area contributed by atoms with E-state index in [4.69, 9.17) is 0 Å². The van der Waals surface area contributed by atoms with Crippen molar-refractivity contribution in [1.82, 2.24) is 10.6 Å². The number of ketones is 1. The van der Waals surface area contributed by atoms with Crippen LogP contribution in [0.1, 0.15) is 81.6 Å². The number of aliphatic hydroxyl groups is 1. The number of Topliss-reactive ketones (excluding diaryl/α,β-unsaturated/α-hetero) is 1. The van der Waals surface area contributed by atoms with Crippen LogP contribution < -0.4 is 10.6 Å². The number of amides is 2. The van der Waals surface area contributed by atoms with Crippen LogP contribution in [0, 0.1) is 23.6 Å². The molecule has 0 unspecified atom stereocenters. The molecule has 1 saturated carbocycles. The van der Waals surface area contributed by atoms with E-state index in [9.17, 15) is 29.0 Å². The van der Waals surface area contributed by atoms with Crippen molar-refractivity contribution >= 4 is 17.6 Å². The number of benzene rings is 2. The molecule has 0 aromatic heterocycles. The molecule has 1 fully saturated rings. The molecule has 0 spiro atoms. The number of aromatic hydroxyl groups is 1. The minimum absolute atomic E-state index is 0.0483. The van der Waals surface area contributed by atoms with Gasteiger partial charge in [0.25, 0.3) is 5.91 Å². The number of hydrogen-bond donors (Lipinski definition) is 4. The second kappa shape index (κ2) is 14.9. The van der Waals surface area contributed by atoms with E-state index in [0.717, 1.165) is 49.8 Å². The Bertz CT molecular complexity index is 1130. The summed E-state index contributed by atoms with van der Waals surface area (Å²) in [6, 6.07) is 11.3. The van der Waals surface area contributed by atoms with Gasteiger partial charge in [0.15, 0.2) is 5.78 Å². The van der Waals surface area contributed by atoms with E-state index in [-0.39, 0.29) is 41.4 Å². The van der Waals surface area contributed by atoms with Crippen molar-refractivity contribution in [1.29, 1.82) is 0 Å². The molecule has 1 aliphatic carbocycles. The van der Waals surface area contributed by atoms with Gasteiger partial charge in [-0.05, 0) is 48.3 Å². The standard InChI is InChI=1S/C32H43FN2O5/c1-20(2)31(34-21(3)36)30(39)18-24(23-12-8-5-9-13-23)17-29(38)27(16-22-10-6-4-7-11-22)35-32(40)26-15-14-25(33)19-28(26)37/h4,6-7,10-11,14-15,19-20,23-24,27,29,31,37-38H,5,8-9,12-13,16-18H2,1-3H3,(H,34,36)(H,35,40)/t24-,27-,29-,31-/m0/s1. The molecule has 0 saturated heterocycles. The number of hydrogen-bond acceptors (Lipinski definition) is 5. The highest BCUT2D eigenvalue weighted by Crippen LogP contribution is 2.36. The minimum Gasteiger partial charge on any atom is -0.507 e. The van der Waals surface area contributed by atoms with E-state index in [2.05, 4.69) is 10.6 Å². The Kier molecular flexibility index (Phi) is 11.7. The first-order chi connectivity index (χ1) is 19.0. The Morgan fingerprint density at radius 2 is 1.68 bits per heavy atom. The van der Waals surface area contributed by atoms with Gasteiger partial charge >= 0.3 is 0 Å². The van der Waals surface area contributed by atoms with Crippen LogP contribution in [0.25, 0.3) is 0 Å². The summed E-state index contributed by atoms with van der Waals surface area (Å²) >= 11 is 0. The summed E-state index contributed by atoms with van der Waals surface area (Å²) in [4.78, 5) is 38.3. The zero-order chi connectivity index (χ0) is 29.2. The number of phenolic OH excluding ortho intramolecular Hbond substituents is 1. The Labute approximate surface area is 236 Å². The zero-order valence-electron chi connectivity index (χ0n) is 23.7. The summed E-state index contributed by atoms with van der Waals surface area (Å²) in [7, 11) is 0. The van der Waals surface area contributed by atoms with Crippen molar-refractivity contribution in [2.24, 2.45) is 17.8 Å². The number of carbonyl (C=O) groups excluding carboxylic acids is 3. The van der Waals surface area contributed by atoms with E-state index in [1.807, 2.05) is 44.2 Å². The maximum atomic E-state index is 13.5. The van der Waals surface area contributed by atoms with Gasteiger partial charge in [0.1, 0.15) is 11.6 Å². The molecule has 0 radical (unpaired) electrons. The third-order valence-electron chi connectivity index (χ3n) is 7.98. The first-order valence-corrected chi connectivity index (χ1v) is 14.4. The zero-order valence-corrected chi connectivity index (χ0v) is 23.7. The van der Waals surface area contributed by atoms with Gasteiger partial charge in [-0.1, -0.05) is 76.3 Å². The third-order valence-corrected chi connectivity index (χ3v) is 7.98. The van der Waals surface area contributed by atoms with Crippen molar-refractivity contribution in [3.63, 3.8) is 0 Å². The maximum absolute atomic E-state index is 13.5. The molecular weight excluding hydrogens is 511 g/mol. The van der Waals surface area contributed by atoms with Crippen LogP contribution in [0.3, 0.4) is 0 Å². The second-order valence-corrected chi connectivity index (χ2v) is 11.5. The van der Waals surface area contributed by atoms with Crippen LogP contribution in [0.5, 0.6) is 5.75 Å². The van der Waals surface area contributed by atoms with Crippen LogP contribution >= 0.6 is 0 Å². The normalized spacial score (nSPS) is 17.1. The van der Waals surface area contributed by atoms with Crippen molar-refractivity contribution in [2.45, 2.75) is 90.3 Å². The molecule has 218 valence electrons. The predicted octanol–water partition coefficient (Wildman–Crippen LogP) is 4.94. The van der Waals surface area contributed by atoms with Crippen LogP contribution in [0.4, 0.5) is 4.39 Å². The molecule has 2 aromatic rings. The average molecular weight is 555 g/mol. The third kappa shape index (κ3) is 9.15. The fourth-order valence-electron chi connectivity index (χ4n) is 5.84. The highest BCUT2D eigenvalue weighted by Gasteiger charge is 2.34. The average Bonchev–Trinajstić information content (AvgIpc) is 2.91. The molecule has 4 atom stereocenters. The molecule has 8 heteroatoms. The summed E-state index contributed by atoms with van der Waals surface area (Å²) in [6.07, 6.45) is 5.11. The number of carbonyl (C=O) groups is 3. The number of rotatable bonds is 13. The molecular formula is C32H43FN2O5. The number of nitrogens with one attached hydrogen (secondary N) is 2. The summed E-state index contributed by atoms with van der Waals surface area (Å²) in [5, 5.41) is 27.4. The highest BCUT2D eigenvalue weighted by atomic mass is 19.1. The summed E-state index contributed by atoms with van der Waals surface area (Å²) in [5.41, 5.74) is 0.826. The van der Waals surface area contributed by atoms with Crippen LogP contribution in [-0.4, -0.2) is 46.0 Å². The van der Waals surface area contributed by atoms with Gasteiger partial charge in [0.05, 0.1) is 23.8 Å². The van der Waals surface area contributed by atoms with E-state index in [1.165, 1.54) is 13.0 Å². The number of halogens is 1. The lowest BCUT2D eigenvalue weighted by molar-refractivity contribution is -0.129. The largest absolute Gasteiger partial charge is 0.507 e. The predicted molar refractivity (Wildman–Crippen MR) is 152 cm³/mol. The second-order valence-electron chi connectivity index (χ2n) is 11.5. The monoisotopic (exact) mass is 554 g/mol. The Morgan fingerprint density at radius 1 is 1.00 bits per heavy atom. The van der Waals surface area contributed by atoms with Crippen molar-refractivity contribution in [3.8, 4) is 5.75 Å². The molecule has 40 heavy (non-hydrogen) atoms. The van der Waals surface area contributed by atoms with Crippen molar-refractivity contribution < 1.29 is 29.0 Å². The molecule has 1 aliphatic rings. The summed E-state index contributed by atoms with van der Waals surface area (Å²) in [5.74, 6) is -1.99. The van der Waals surface area contributed by atoms with E-state index in [1.54, 1.807) is 0 Å². The molecule has 3 rings (SSSR count). The smallest absolute Gasteiger partial charge is 0.255 e. The van der Waals surface area contributed by atoms with Gasteiger partial charge in [0, 0.05) is 19.4 Å². The summed E-state index contributed by atoms with van der Waals surface area (Å²) in [6.45, 7) is 5.21. The van der Waals surface area contributed by atoms with Crippen molar-refractivity contribution in [3.05, 3.63) is 65.5 Å². The van der Waals surface area contributed by atoms with Gasteiger partial charge < -0.3 is 20.8 Å². The molecule has 0 aliphatic heterocycles. The minimum atomic E-state index is -0.982. The quantitative estimate of drug-likeness (QED) is 0.280. The summed E-state index contributed by atoms with van der Waals surface area (Å²) < 4.78 is 13.5. The van der Waals surface area contributed by atoms with Crippen LogP contribution in [0.2, 0.25) is 0 Å².